The van der Waals surface area contributed by atoms with Crippen molar-refractivity contribution in [1.29, 1.82) is 0 Å². The van der Waals surface area contributed by atoms with Crippen LogP contribution >= 0.6 is 0 Å². The van der Waals surface area contributed by atoms with Crippen LogP contribution in [0, 0.1) is 0 Å². The second-order valence-electron chi connectivity index (χ2n) is 4.64. The van der Waals surface area contributed by atoms with Crippen LogP contribution < -0.4 is 5.56 Å². The first-order valence-corrected chi connectivity index (χ1v) is 6.48. The number of fused-ring (bicyclic) bond motifs is 2. The van der Waals surface area contributed by atoms with Gasteiger partial charge in [0.15, 0.2) is 5.58 Å². The topological polar surface area (TPSA) is 73.8 Å². The number of para-hydroxylation sites is 2. The van der Waals surface area contributed by atoms with Crippen molar-refractivity contribution in [1.82, 2.24) is 20.0 Å². The normalized spacial score (nSPS) is 11.2. The molecule has 0 aliphatic heterocycles. The fraction of sp³-hybridized carbons (Fsp3) is 0.0667. The molecule has 4 aromatic rings. The van der Waals surface area contributed by atoms with E-state index in [1.54, 1.807) is 18.2 Å². The van der Waals surface area contributed by atoms with Crippen molar-refractivity contribution in [3.63, 3.8) is 0 Å². The second-order valence-corrected chi connectivity index (χ2v) is 4.64. The number of rotatable bonds is 2. The largest absolute Gasteiger partial charge is 0.439 e. The summed E-state index contributed by atoms with van der Waals surface area (Å²) < 4.78 is 6.86. The van der Waals surface area contributed by atoms with E-state index in [2.05, 4.69) is 15.3 Å². The van der Waals surface area contributed by atoms with Gasteiger partial charge in [-0.1, -0.05) is 29.5 Å². The van der Waals surface area contributed by atoms with Crippen molar-refractivity contribution in [3.8, 4) is 0 Å². The number of aromatic nitrogens is 4. The molecule has 4 rings (SSSR count). The van der Waals surface area contributed by atoms with Crippen LogP contribution in [0.2, 0.25) is 0 Å². The molecule has 2 aromatic heterocycles. The molecule has 0 bridgehead atoms. The maximum Gasteiger partial charge on any atom is 0.278 e. The number of hydrogen-bond acceptors (Lipinski definition) is 5. The molecule has 0 saturated heterocycles. The molecule has 0 unspecified atom stereocenters. The molecule has 0 fully saturated rings. The highest BCUT2D eigenvalue weighted by Gasteiger charge is 2.10. The minimum atomic E-state index is -0.206. The van der Waals surface area contributed by atoms with E-state index < -0.39 is 0 Å². The van der Waals surface area contributed by atoms with Crippen LogP contribution in [0.3, 0.4) is 0 Å². The molecule has 6 heteroatoms. The summed E-state index contributed by atoms with van der Waals surface area (Å²) in [6, 6.07) is 14.6. The average molecular weight is 278 g/mol. The van der Waals surface area contributed by atoms with Gasteiger partial charge < -0.3 is 4.42 Å². The van der Waals surface area contributed by atoms with Crippen LogP contribution in [-0.4, -0.2) is 20.0 Å². The monoisotopic (exact) mass is 278 g/mol. The maximum atomic E-state index is 12.3. The van der Waals surface area contributed by atoms with Crippen LogP contribution in [0.1, 0.15) is 5.89 Å². The molecule has 6 nitrogen and oxygen atoms in total. The third kappa shape index (κ3) is 1.97. The SMILES string of the molecule is O=c1c2ccccc2nnn1Cc1nc2ccccc2o1. The zero-order valence-corrected chi connectivity index (χ0v) is 10.9. The Morgan fingerprint density at radius 2 is 1.76 bits per heavy atom. The summed E-state index contributed by atoms with van der Waals surface area (Å²) in [7, 11) is 0. The summed E-state index contributed by atoms with van der Waals surface area (Å²) >= 11 is 0. The third-order valence-corrected chi connectivity index (χ3v) is 3.25. The number of benzene rings is 2. The Morgan fingerprint density at radius 3 is 2.62 bits per heavy atom. The highest BCUT2D eigenvalue weighted by molar-refractivity contribution is 5.76. The van der Waals surface area contributed by atoms with Gasteiger partial charge >= 0.3 is 0 Å². The van der Waals surface area contributed by atoms with E-state index in [0.717, 1.165) is 5.52 Å². The molecule has 0 amide bonds. The summed E-state index contributed by atoms with van der Waals surface area (Å²) in [4.78, 5) is 16.7. The summed E-state index contributed by atoms with van der Waals surface area (Å²) in [5.74, 6) is 0.433. The molecule has 102 valence electrons. The number of nitrogens with zero attached hydrogens (tertiary/aromatic N) is 4. The first-order valence-electron chi connectivity index (χ1n) is 6.48. The van der Waals surface area contributed by atoms with E-state index in [1.165, 1.54) is 4.68 Å². The van der Waals surface area contributed by atoms with Crippen LogP contribution in [0.4, 0.5) is 0 Å². The second kappa shape index (κ2) is 4.52. The number of hydrogen-bond donors (Lipinski definition) is 0. The highest BCUT2D eigenvalue weighted by atomic mass is 16.3. The highest BCUT2D eigenvalue weighted by Crippen LogP contribution is 2.15. The Morgan fingerprint density at radius 1 is 1.00 bits per heavy atom. The smallest absolute Gasteiger partial charge is 0.278 e. The van der Waals surface area contributed by atoms with Crippen molar-refractivity contribution in [2.24, 2.45) is 0 Å². The first kappa shape index (κ1) is 11.8. The molecule has 0 N–H and O–H groups in total. The van der Waals surface area contributed by atoms with Crippen LogP contribution in [0.5, 0.6) is 0 Å². The van der Waals surface area contributed by atoms with Crippen LogP contribution in [0.15, 0.2) is 57.7 Å². The van der Waals surface area contributed by atoms with Crippen molar-refractivity contribution >= 4 is 22.0 Å². The molecule has 21 heavy (non-hydrogen) atoms. The summed E-state index contributed by atoms with van der Waals surface area (Å²) in [5.41, 5.74) is 1.82. The molecule has 0 spiro atoms. The van der Waals surface area contributed by atoms with Crippen molar-refractivity contribution in [2.75, 3.05) is 0 Å². The lowest BCUT2D eigenvalue weighted by Gasteiger charge is -2.01. The Bertz CT molecular complexity index is 970. The predicted molar refractivity (Wildman–Crippen MR) is 76.9 cm³/mol. The molecule has 0 aliphatic carbocycles. The first-order chi connectivity index (χ1) is 10.3. The minimum absolute atomic E-state index is 0.158. The van der Waals surface area contributed by atoms with Crippen molar-refractivity contribution in [3.05, 3.63) is 64.8 Å². The maximum absolute atomic E-state index is 12.3. The van der Waals surface area contributed by atoms with Gasteiger partial charge in [0, 0.05) is 0 Å². The van der Waals surface area contributed by atoms with Crippen LogP contribution in [0.25, 0.3) is 22.0 Å². The molecule has 0 aliphatic rings. The summed E-state index contributed by atoms with van der Waals surface area (Å²) in [5, 5.41) is 8.49. The van der Waals surface area contributed by atoms with Gasteiger partial charge in [-0.3, -0.25) is 4.79 Å². The Hall–Kier alpha value is -3.02. The fourth-order valence-electron chi connectivity index (χ4n) is 2.24. The molecular formula is C15H10N4O2. The average Bonchev–Trinajstić information content (AvgIpc) is 2.93. The fourth-order valence-corrected chi connectivity index (χ4v) is 2.24. The Labute approximate surface area is 118 Å². The Balaban J connectivity index is 1.80. The minimum Gasteiger partial charge on any atom is -0.439 e. The molecule has 0 saturated carbocycles. The molecule has 0 radical (unpaired) electrons. The van der Waals surface area contributed by atoms with E-state index in [4.69, 9.17) is 4.42 Å². The lowest BCUT2D eigenvalue weighted by atomic mass is 10.2. The van der Waals surface area contributed by atoms with Gasteiger partial charge in [0.2, 0.25) is 5.89 Å². The van der Waals surface area contributed by atoms with Crippen LogP contribution in [-0.2, 0) is 6.54 Å². The van der Waals surface area contributed by atoms with E-state index in [1.807, 2.05) is 30.3 Å². The molecule has 2 heterocycles. The van der Waals surface area contributed by atoms with E-state index >= 15 is 0 Å². The molecule has 0 atom stereocenters. The quantitative estimate of drug-likeness (QED) is 0.560. The zero-order valence-electron chi connectivity index (χ0n) is 10.9. The van der Waals surface area contributed by atoms with E-state index in [9.17, 15) is 4.79 Å². The zero-order chi connectivity index (χ0) is 14.2. The van der Waals surface area contributed by atoms with Gasteiger partial charge in [-0.05, 0) is 24.3 Å². The van der Waals surface area contributed by atoms with Crippen molar-refractivity contribution in [2.45, 2.75) is 6.54 Å². The molecular weight excluding hydrogens is 268 g/mol. The van der Waals surface area contributed by atoms with E-state index in [0.29, 0.717) is 22.4 Å². The van der Waals surface area contributed by atoms with Gasteiger partial charge in [-0.2, -0.15) is 0 Å². The van der Waals surface area contributed by atoms with E-state index in [-0.39, 0.29) is 12.1 Å². The number of oxazole rings is 1. The third-order valence-electron chi connectivity index (χ3n) is 3.25. The van der Waals surface area contributed by atoms with Gasteiger partial charge in [-0.15, -0.1) is 5.10 Å². The van der Waals surface area contributed by atoms with Gasteiger partial charge in [0.25, 0.3) is 5.56 Å². The lowest BCUT2D eigenvalue weighted by Crippen LogP contribution is -2.24. The van der Waals surface area contributed by atoms with Gasteiger partial charge in [0.1, 0.15) is 17.6 Å². The lowest BCUT2D eigenvalue weighted by molar-refractivity contribution is 0.472. The standard InChI is InChI=1S/C15H10N4O2/c20-15-10-5-1-2-6-11(10)17-18-19(15)9-14-16-12-7-3-4-8-13(12)21-14/h1-8H,9H2. The molecule has 2 aromatic carbocycles. The van der Waals surface area contributed by atoms with Gasteiger partial charge in [-0.25, -0.2) is 9.67 Å². The van der Waals surface area contributed by atoms with Gasteiger partial charge in [0.05, 0.1) is 5.39 Å². The summed E-state index contributed by atoms with van der Waals surface area (Å²) in [6.45, 7) is 0.158. The predicted octanol–water partition coefficient (Wildman–Crippen LogP) is 1.98. The Kier molecular flexibility index (Phi) is 2.53. The summed E-state index contributed by atoms with van der Waals surface area (Å²) in [6.07, 6.45) is 0. The van der Waals surface area contributed by atoms with Crippen molar-refractivity contribution < 1.29 is 4.42 Å².